The smallest absolute Gasteiger partial charge is 0.135 e. The van der Waals surface area contributed by atoms with Gasteiger partial charge >= 0.3 is 0 Å². The van der Waals surface area contributed by atoms with Gasteiger partial charge in [-0.2, -0.15) is 0 Å². The summed E-state index contributed by atoms with van der Waals surface area (Å²) in [6.45, 7) is 8.71. The molecule has 0 bridgehead atoms. The summed E-state index contributed by atoms with van der Waals surface area (Å²) in [5.41, 5.74) is 3.75. The van der Waals surface area contributed by atoms with Crippen LogP contribution in [-0.2, 0) is 0 Å². The standard InChI is InChI=1S/C29H32F2N4/c1-3-20(2)34-15-17-35(18-16-34)28-14-11-23(19-32-28)21-7-9-22(10-8-21)26-12-13-27(33-26)29-24(30)5-4-6-25(29)31/h4-11,14,19-20,26H,3,12-13,15-18H2,1-2H3. The van der Waals surface area contributed by atoms with Crippen LogP contribution in [0.1, 0.15) is 50.3 Å². The number of piperazine rings is 1. The second kappa shape index (κ2) is 10.2. The Morgan fingerprint density at radius 2 is 1.60 bits per heavy atom. The first-order valence-corrected chi connectivity index (χ1v) is 12.6. The zero-order chi connectivity index (χ0) is 24.4. The van der Waals surface area contributed by atoms with Gasteiger partial charge in [0, 0.05) is 49.7 Å². The van der Waals surface area contributed by atoms with Crippen LogP contribution in [-0.4, -0.2) is 47.8 Å². The van der Waals surface area contributed by atoms with Crippen LogP contribution in [0.3, 0.4) is 0 Å². The number of aliphatic imine (C=N–C) groups is 1. The first-order chi connectivity index (χ1) is 17.0. The molecule has 1 fully saturated rings. The maximum absolute atomic E-state index is 14.2. The molecule has 3 heterocycles. The Morgan fingerprint density at radius 3 is 2.23 bits per heavy atom. The molecule has 2 aliphatic rings. The van der Waals surface area contributed by atoms with Gasteiger partial charge in [0.25, 0.3) is 0 Å². The molecule has 0 aliphatic carbocycles. The zero-order valence-corrected chi connectivity index (χ0v) is 20.4. The van der Waals surface area contributed by atoms with Gasteiger partial charge in [-0.15, -0.1) is 0 Å². The maximum atomic E-state index is 14.2. The van der Waals surface area contributed by atoms with E-state index in [0.29, 0.717) is 18.2 Å². The lowest BCUT2D eigenvalue weighted by molar-refractivity contribution is 0.192. The van der Waals surface area contributed by atoms with Crippen LogP contribution in [0.5, 0.6) is 0 Å². The summed E-state index contributed by atoms with van der Waals surface area (Å²) < 4.78 is 28.3. The van der Waals surface area contributed by atoms with E-state index in [-0.39, 0.29) is 11.6 Å². The number of aromatic nitrogens is 1. The Kier molecular flexibility index (Phi) is 6.91. The molecule has 182 valence electrons. The molecule has 0 spiro atoms. The number of rotatable bonds is 6. The van der Waals surface area contributed by atoms with Crippen LogP contribution >= 0.6 is 0 Å². The molecule has 5 rings (SSSR count). The van der Waals surface area contributed by atoms with E-state index in [0.717, 1.165) is 55.1 Å². The van der Waals surface area contributed by atoms with Crippen molar-refractivity contribution in [3.63, 3.8) is 0 Å². The maximum Gasteiger partial charge on any atom is 0.135 e. The highest BCUT2D eigenvalue weighted by Crippen LogP contribution is 2.33. The van der Waals surface area contributed by atoms with Gasteiger partial charge < -0.3 is 4.90 Å². The Labute approximate surface area is 206 Å². The quantitative estimate of drug-likeness (QED) is 0.422. The molecule has 35 heavy (non-hydrogen) atoms. The SMILES string of the molecule is CCC(C)N1CCN(c2ccc(-c3ccc(C4CCC(c5c(F)cccc5F)=N4)cc3)cn2)CC1. The molecule has 0 N–H and O–H groups in total. The van der Waals surface area contributed by atoms with Gasteiger partial charge in [0.2, 0.25) is 0 Å². The van der Waals surface area contributed by atoms with Crippen molar-refractivity contribution >= 4 is 11.5 Å². The number of pyridine rings is 1. The summed E-state index contributed by atoms with van der Waals surface area (Å²) in [7, 11) is 0. The summed E-state index contributed by atoms with van der Waals surface area (Å²) in [6, 6.07) is 17.0. The number of nitrogens with zero attached hydrogens (tertiary/aromatic N) is 4. The molecule has 4 nitrogen and oxygen atoms in total. The minimum Gasteiger partial charge on any atom is -0.354 e. The minimum atomic E-state index is -0.548. The van der Waals surface area contributed by atoms with Crippen LogP contribution in [0.2, 0.25) is 0 Å². The third-order valence-corrected chi connectivity index (χ3v) is 7.45. The Morgan fingerprint density at radius 1 is 0.914 bits per heavy atom. The van der Waals surface area contributed by atoms with Gasteiger partial charge in [-0.25, -0.2) is 13.8 Å². The summed E-state index contributed by atoms with van der Waals surface area (Å²) in [5.74, 6) is -0.0662. The van der Waals surface area contributed by atoms with E-state index in [1.54, 1.807) is 0 Å². The lowest BCUT2D eigenvalue weighted by Crippen LogP contribution is -2.49. The average Bonchev–Trinajstić information content (AvgIpc) is 3.38. The lowest BCUT2D eigenvalue weighted by Gasteiger charge is -2.38. The van der Waals surface area contributed by atoms with E-state index >= 15 is 0 Å². The highest BCUT2D eigenvalue weighted by atomic mass is 19.1. The summed E-state index contributed by atoms with van der Waals surface area (Å²) in [4.78, 5) is 14.3. The topological polar surface area (TPSA) is 31.7 Å². The molecule has 1 saturated heterocycles. The number of halogens is 2. The van der Waals surface area contributed by atoms with Crippen molar-refractivity contribution in [3.8, 4) is 11.1 Å². The van der Waals surface area contributed by atoms with Crippen LogP contribution in [0.15, 0.2) is 65.8 Å². The Hall–Kier alpha value is -3.12. The third kappa shape index (κ3) is 4.98. The lowest BCUT2D eigenvalue weighted by atomic mass is 10.00. The fourth-order valence-corrected chi connectivity index (χ4v) is 5.09. The van der Waals surface area contributed by atoms with Crippen molar-refractivity contribution in [2.75, 3.05) is 31.1 Å². The van der Waals surface area contributed by atoms with Gasteiger partial charge in [0.1, 0.15) is 17.5 Å². The minimum absolute atomic E-state index is 0.0130. The number of hydrogen-bond acceptors (Lipinski definition) is 4. The van der Waals surface area contributed by atoms with E-state index in [4.69, 9.17) is 4.98 Å². The number of hydrogen-bond donors (Lipinski definition) is 0. The van der Waals surface area contributed by atoms with Gasteiger partial charge in [0.15, 0.2) is 0 Å². The largest absolute Gasteiger partial charge is 0.354 e. The van der Waals surface area contributed by atoms with E-state index in [1.807, 2.05) is 6.20 Å². The van der Waals surface area contributed by atoms with E-state index in [9.17, 15) is 8.78 Å². The second-order valence-electron chi connectivity index (χ2n) is 9.53. The first kappa shape index (κ1) is 23.6. The summed E-state index contributed by atoms with van der Waals surface area (Å²) >= 11 is 0. The van der Waals surface area contributed by atoms with Crippen molar-refractivity contribution in [1.29, 1.82) is 0 Å². The van der Waals surface area contributed by atoms with Crippen molar-refractivity contribution in [1.82, 2.24) is 9.88 Å². The van der Waals surface area contributed by atoms with Crippen LogP contribution in [0.4, 0.5) is 14.6 Å². The summed E-state index contributed by atoms with van der Waals surface area (Å²) in [6.07, 6.45) is 4.45. The Bertz CT molecular complexity index is 1160. The third-order valence-electron chi connectivity index (χ3n) is 7.45. The van der Waals surface area contributed by atoms with Gasteiger partial charge in [-0.1, -0.05) is 37.3 Å². The number of benzene rings is 2. The molecule has 2 unspecified atom stereocenters. The highest BCUT2D eigenvalue weighted by Gasteiger charge is 2.24. The monoisotopic (exact) mass is 474 g/mol. The van der Waals surface area contributed by atoms with Crippen molar-refractivity contribution in [2.24, 2.45) is 4.99 Å². The van der Waals surface area contributed by atoms with E-state index in [1.165, 1.54) is 24.6 Å². The zero-order valence-electron chi connectivity index (χ0n) is 20.4. The summed E-state index contributed by atoms with van der Waals surface area (Å²) in [5, 5.41) is 0. The fourth-order valence-electron chi connectivity index (χ4n) is 5.09. The molecular formula is C29H32F2N4. The predicted molar refractivity (Wildman–Crippen MR) is 138 cm³/mol. The molecular weight excluding hydrogens is 442 g/mol. The molecule has 1 aromatic heterocycles. The van der Waals surface area contributed by atoms with E-state index in [2.05, 4.69) is 65.0 Å². The molecule has 3 aromatic rings. The first-order valence-electron chi connectivity index (χ1n) is 12.6. The normalized spacial score (nSPS) is 19.6. The average molecular weight is 475 g/mol. The molecule has 6 heteroatoms. The molecule has 2 atom stereocenters. The van der Waals surface area contributed by atoms with Gasteiger partial charge in [0.05, 0.1) is 11.6 Å². The predicted octanol–water partition coefficient (Wildman–Crippen LogP) is 6.27. The van der Waals surface area contributed by atoms with Crippen LogP contribution < -0.4 is 4.90 Å². The van der Waals surface area contributed by atoms with Crippen LogP contribution in [0.25, 0.3) is 11.1 Å². The van der Waals surface area contributed by atoms with Crippen molar-refractivity contribution in [3.05, 3.63) is 83.6 Å². The molecule has 0 saturated carbocycles. The molecule has 0 amide bonds. The van der Waals surface area contributed by atoms with Crippen LogP contribution in [0, 0.1) is 11.6 Å². The van der Waals surface area contributed by atoms with Crippen molar-refractivity contribution < 1.29 is 8.78 Å². The Balaban J connectivity index is 1.25. The van der Waals surface area contributed by atoms with Gasteiger partial charge in [-0.3, -0.25) is 9.89 Å². The number of anilines is 1. The second-order valence-corrected chi connectivity index (χ2v) is 9.53. The van der Waals surface area contributed by atoms with Gasteiger partial charge in [-0.05, 0) is 61.6 Å². The van der Waals surface area contributed by atoms with Crippen molar-refractivity contribution in [2.45, 2.75) is 45.2 Å². The fraction of sp³-hybridized carbons (Fsp3) is 0.379. The molecule has 2 aromatic carbocycles. The highest BCUT2D eigenvalue weighted by molar-refractivity contribution is 6.02. The molecule has 2 aliphatic heterocycles. The van der Waals surface area contributed by atoms with E-state index < -0.39 is 11.6 Å². The molecule has 0 radical (unpaired) electrons.